The van der Waals surface area contributed by atoms with Gasteiger partial charge in [-0.05, 0) is 49.4 Å². The summed E-state index contributed by atoms with van der Waals surface area (Å²) in [6, 6.07) is 9.37. The van der Waals surface area contributed by atoms with Gasteiger partial charge in [0.25, 0.3) is 0 Å². The third-order valence-electron chi connectivity index (χ3n) is 3.37. The second-order valence-corrected chi connectivity index (χ2v) is 4.94. The molecule has 2 nitrogen and oxygen atoms in total. The van der Waals surface area contributed by atoms with Gasteiger partial charge in [-0.25, -0.2) is 0 Å². The molecule has 1 aromatic carbocycles. The molecule has 2 heteroatoms. The van der Waals surface area contributed by atoms with Crippen molar-refractivity contribution >= 4 is 11.4 Å². The molecule has 1 aromatic rings. The Kier molecular flexibility index (Phi) is 3.37. The number of hydrogen-bond donors (Lipinski definition) is 1. The number of nitrogens with zero attached hydrogens (tertiary/aromatic N) is 1. The van der Waals surface area contributed by atoms with Gasteiger partial charge in [0.15, 0.2) is 0 Å². The van der Waals surface area contributed by atoms with Crippen LogP contribution in [0.5, 0.6) is 0 Å². The first kappa shape index (κ1) is 11.3. The maximum atomic E-state index is 3.64. The van der Waals surface area contributed by atoms with E-state index in [1.807, 2.05) is 0 Å². The quantitative estimate of drug-likeness (QED) is 0.815. The van der Waals surface area contributed by atoms with Gasteiger partial charge in [-0.2, -0.15) is 0 Å². The van der Waals surface area contributed by atoms with Crippen LogP contribution in [0.2, 0.25) is 0 Å². The van der Waals surface area contributed by atoms with Crippen LogP contribution >= 0.6 is 0 Å². The van der Waals surface area contributed by atoms with Gasteiger partial charge in [0.2, 0.25) is 0 Å². The average Bonchev–Trinajstić information content (AvgIpc) is 3.10. The second-order valence-electron chi connectivity index (χ2n) is 4.94. The largest absolute Gasteiger partial charge is 0.382 e. The van der Waals surface area contributed by atoms with Gasteiger partial charge in [0.05, 0.1) is 0 Å². The maximum Gasteiger partial charge on any atom is 0.0362 e. The molecule has 1 aliphatic carbocycles. The van der Waals surface area contributed by atoms with E-state index in [-0.39, 0.29) is 0 Å². The highest BCUT2D eigenvalue weighted by Gasteiger charge is 2.29. The normalized spacial score (nSPS) is 16.9. The molecule has 0 radical (unpaired) electrons. The van der Waals surface area contributed by atoms with Crippen molar-refractivity contribution in [3.05, 3.63) is 24.3 Å². The number of nitrogens with one attached hydrogen (secondary N) is 1. The number of hydrogen-bond acceptors (Lipinski definition) is 2. The lowest BCUT2D eigenvalue weighted by atomic mass is 10.1. The van der Waals surface area contributed by atoms with Crippen LogP contribution in [-0.4, -0.2) is 20.1 Å². The van der Waals surface area contributed by atoms with E-state index in [4.69, 9.17) is 0 Å². The first-order chi connectivity index (χ1) is 7.70. The lowest BCUT2D eigenvalue weighted by molar-refractivity contribution is 0.616. The third-order valence-corrected chi connectivity index (χ3v) is 3.37. The fraction of sp³-hybridized carbons (Fsp3) is 0.571. The highest BCUT2D eigenvalue weighted by molar-refractivity contribution is 5.54. The smallest absolute Gasteiger partial charge is 0.0362 e. The molecule has 1 unspecified atom stereocenters. The minimum absolute atomic E-state index is 0.671. The Labute approximate surface area is 98.7 Å². The zero-order valence-electron chi connectivity index (χ0n) is 10.5. The van der Waals surface area contributed by atoms with Gasteiger partial charge in [0, 0.05) is 31.5 Å². The second kappa shape index (κ2) is 4.77. The lowest BCUT2D eigenvalue weighted by Crippen LogP contribution is -2.20. The molecule has 16 heavy (non-hydrogen) atoms. The van der Waals surface area contributed by atoms with Crippen LogP contribution < -0.4 is 10.2 Å². The van der Waals surface area contributed by atoms with Gasteiger partial charge < -0.3 is 10.2 Å². The van der Waals surface area contributed by atoms with Gasteiger partial charge in [0.1, 0.15) is 0 Å². The van der Waals surface area contributed by atoms with Crippen LogP contribution in [0.25, 0.3) is 0 Å². The number of benzene rings is 1. The van der Waals surface area contributed by atoms with Crippen molar-refractivity contribution in [2.24, 2.45) is 5.92 Å². The summed E-state index contributed by atoms with van der Waals surface area (Å²) in [5.41, 5.74) is 2.51. The molecule has 1 N–H and O–H groups in total. The highest BCUT2D eigenvalue weighted by Crippen LogP contribution is 2.35. The topological polar surface area (TPSA) is 15.3 Å². The molecule has 0 heterocycles. The van der Waals surface area contributed by atoms with Crippen LogP contribution in [0.3, 0.4) is 0 Å². The summed E-state index contributed by atoms with van der Waals surface area (Å²) in [5, 5.41) is 3.64. The molecule has 0 spiro atoms. The molecule has 0 aromatic heterocycles. The zero-order valence-corrected chi connectivity index (χ0v) is 10.5. The Morgan fingerprint density at radius 1 is 1.25 bits per heavy atom. The van der Waals surface area contributed by atoms with Crippen LogP contribution in [0.15, 0.2) is 24.3 Å². The van der Waals surface area contributed by atoms with E-state index in [2.05, 4.69) is 55.5 Å². The first-order valence-corrected chi connectivity index (χ1v) is 6.24. The SMILES string of the molecule is CCC(Nc1ccc(N(C)C)cc1)C1CC1. The summed E-state index contributed by atoms with van der Waals surface area (Å²) in [6.45, 7) is 2.27. The molecule has 1 saturated carbocycles. The Morgan fingerprint density at radius 2 is 1.88 bits per heavy atom. The molecule has 1 atom stereocenters. The summed E-state index contributed by atoms with van der Waals surface area (Å²) in [4.78, 5) is 2.13. The monoisotopic (exact) mass is 218 g/mol. The summed E-state index contributed by atoms with van der Waals surface area (Å²) < 4.78 is 0. The Hall–Kier alpha value is -1.18. The summed E-state index contributed by atoms with van der Waals surface area (Å²) in [6.07, 6.45) is 4.03. The molecule has 0 saturated heterocycles. The van der Waals surface area contributed by atoms with Gasteiger partial charge in [-0.15, -0.1) is 0 Å². The lowest BCUT2D eigenvalue weighted by Gasteiger charge is -2.19. The predicted molar refractivity (Wildman–Crippen MR) is 71.2 cm³/mol. The van der Waals surface area contributed by atoms with E-state index in [1.54, 1.807) is 0 Å². The average molecular weight is 218 g/mol. The molecule has 2 rings (SSSR count). The van der Waals surface area contributed by atoms with E-state index in [9.17, 15) is 0 Å². The number of anilines is 2. The van der Waals surface area contributed by atoms with Crippen molar-refractivity contribution in [1.29, 1.82) is 0 Å². The van der Waals surface area contributed by atoms with E-state index in [0.717, 1.165) is 5.92 Å². The minimum Gasteiger partial charge on any atom is -0.382 e. The van der Waals surface area contributed by atoms with Crippen LogP contribution in [0.4, 0.5) is 11.4 Å². The van der Waals surface area contributed by atoms with Crippen molar-refractivity contribution in [1.82, 2.24) is 0 Å². The van der Waals surface area contributed by atoms with Crippen molar-refractivity contribution in [2.75, 3.05) is 24.3 Å². The van der Waals surface area contributed by atoms with Gasteiger partial charge >= 0.3 is 0 Å². The molecule has 0 amide bonds. The summed E-state index contributed by atoms with van der Waals surface area (Å²) in [5.74, 6) is 0.915. The van der Waals surface area contributed by atoms with Crippen LogP contribution in [0, 0.1) is 5.92 Å². The maximum absolute atomic E-state index is 3.64. The van der Waals surface area contributed by atoms with Crippen LogP contribution in [0.1, 0.15) is 26.2 Å². The predicted octanol–water partition coefficient (Wildman–Crippen LogP) is 3.35. The zero-order chi connectivity index (χ0) is 11.5. The van der Waals surface area contributed by atoms with Gasteiger partial charge in [-0.1, -0.05) is 6.92 Å². The molecule has 88 valence electrons. The molecular weight excluding hydrogens is 196 g/mol. The van der Waals surface area contributed by atoms with Crippen molar-refractivity contribution in [3.8, 4) is 0 Å². The minimum atomic E-state index is 0.671. The standard InChI is InChI=1S/C14H22N2/c1-4-14(11-5-6-11)15-12-7-9-13(10-8-12)16(2)3/h7-11,14-15H,4-6H2,1-3H3. The van der Waals surface area contributed by atoms with Crippen molar-refractivity contribution in [3.63, 3.8) is 0 Å². The van der Waals surface area contributed by atoms with E-state index < -0.39 is 0 Å². The van der Waals surface area contributed by atoms with Crippen molar-refractivity contribution < 1.29 is 0 Å². The highest BCUT2D eigenvalue weighted by atomic mass is 15.1. The Bertz CT molecular complexity index is 325. The first-order valence-electron chi connectivity index (χ1n) is 6.24. The Balaban J connectivity index is 1.98. The summed E-state index contributed by atoms with van der Waals surface area (Å²) in [7, 11) is 4.14. The van der Waals surface area contributed by atoms with Crippen LogP contribution in [-0.2, 0) is 0 Å². The Morgan fingerprint density at radius 3 is 2.31 bits per heavy atom. The fourth-order valence-electron chi connectivity index (χ4n) is 2.12. The van der Waals surface area contributed by atoms with Gasteiger partial charge in [-0.3, -0.25) is 0 Å². The fourth-order valence-corrected chi connectivity index (χ4v) is 2.12. The van der Waals surface area contributed by atoms with E-state index in [1.165, 1.54) is 30.6 Å². The molecule has 0 aliphatic heterocycles. The third kappa shape index (κ3) is 2.69. The van der Waals surface area contributed by atoms with E-state index in [0.29, 0.717) is 6.04 Å². The molecule has 0 bridgehead atoms. The molecule has 1 aliphatic rings. The molecule has 1 fully saturated rings. The van der Waals surface area contributed by atoms with Crippen molar-refractivity contribution in [2.45, 2.75) is 32.2 Å². The number of rotatable bonds is 5. The summed E-state index contributed by atoms with van der Waals surface area (Å²) >= 11 is 0. The van der Waals surface area contributed by atoms with E-state index >= 15 is 0 Å². The molecular formula is C14H22N2.